The predicted molar refractivity (Wildman–Crippen MR) is 51.3 cm³/mol. The minimum Gasteiger partial charge on any atom is -0.466 e. The third-order valence-electron chi connectivity index (χ3n) is 1.60. The van der Waals surface area contributed by atoms with Crippen LogP contribution in [0.5, 0.6) is 5.88 Å². The van der Waals surface area contributed by atoms with Crippen LogP contribution in [0, 0.1) is 5.82 Å². The van der Waals surface area contributed by atoms with E-state index in [2.05, 4.69) is 9.72 Å². The van der Waals surface area contributed by atoms with Crippen LogP contribution in [0.2, 0.25) is 5.02 Å². The minimum absolute atomic E-state index is 0.158. The zero-order valence-corrected chi connectivity index (χ0v) is 8.92. The Balaban J connectivity index is 2.76. The van der Waals surface area contributed by atoms with Gasteiger partial charge in [-0.25, -0.2) is 14.2 Å². The molecule has 1 aromatic rings. The predicted octanol–water partition coefficient (Wildman–Crippen LogP) is 1.81. The summed E-state index contributed by atoms with van der Waals surface area (Å²) in [6, 6.07) is 1.05. The number of rotatable bonds is 3. The van der Waals surface area contributed by atoms with E-state index in [-0.39, 0.29) is 10.9 Å². The average molecular weight is 234 g/mol. The van der Waals surface area contributed by atoms with Gasteiger partial charge in [-0.05, 0) is 13.0 Å². The Bertz CT molecular complexity index is 372. The topological polar surface area (TPSA) is 48.4 Å². The van der Waals surface area contributed by atoms with Gasteiger partial charge in [0.1, 0.15) is 0 Å². The minimum atomic E-state index is -0.918. The summed E-state index contributed by atoms with van der Waals surface area (Å²) >= 11 is 5.49. The maximum absolute atomic E-state index is 13.2. The van der Waals surface area contributed by atoms with Crippen molar-refractivity contribution in [2.75, 3.05) is 7.11 Å². The smallest absolute Gasteiger partial charge is 0.346 e. The highest BCUT2D eigenvalue weighted by Gasteiger charge is 2.17. The van der Waals surface area contributed by atoms with E-state index in [1.54, 1.807) is 0 Å². The maximum atomic E-state index is 13.2. The van der Waals surface area contributed by atoms with Crippen molar-refractivity contribution in [2.24, 2.45) is 0 Å². The normalized spacial score (nSPS) is 12.0. The monoisotopic (exact) mass is 233 g/mol. The second kappa shape index (κ2) is 4.93. The van der Waals surface area contributed by atoms with Gasteiger partial charge >= 0.3 is 5.97 Å². The van der Waals surface area contributed by atoms with Crippen molar-refractivity contribution in [2.45, 2.75) is 13.0 Å². The molecule has 0 saturated heterocycles. The van der Waals surface area contributed by atoms with Crippen LogP contribution < -0.4 is 4.74 Å². The molecule has 1 heterocycles. The Kier molecular flexibility index (Phi) is 3.85. The zero-order valence-electron chi connectivity index (χ0n) is 8.16. The van der Waals surface area contributed by atoms with Crippen molar-refractivity contribution in [1.82, 2.24) is 4.98 Å². The van der Waals surface area contributed by atoms with E-state index in [1.807, 2.05) is 0 Å². The van der Waals surface area contributed by atoms with Crippen LogP contribution in [0.1, 0.15) is 6.92 Å². The van der Waals surface area contributed by atoms with Gasteiger partial charge in [0, 0.05) is 6.20 Å². The number of hydrogen-bond acceptors (Lipinski definition) is 4. The Morgan fingerprint density at radius 3 is 2.87 bits per heavy atom. The number of methoxy groups -OCH3 is 1. The molecule has 82 valence electrons. The van der Waals surface area contributed by atoms with Gasteiger partial charge in [0.25, 0.3) is 5.88 Å². The van der Waals surface area contributed by atoms with Crippen LogP contribution in [-0.4, -0.2) is 24.2 Å². The lowest BCUT2D eigenvalue weighted by atomic mass is 10.4. The standard InChI is InChI=1S/C9H9ClFNO3/c1-5(9(13)14-2)15-8-7(11)3-6(10)4-12-8/h3-5H,1-2H3. The van der Waals surface area contributed by atoms with E-state index in [9.17, 15) is 9.18 Å². The van der Waals surface area contributed by atoms with Gasteiger partial charge in [-0.2, -0.15) is 0 Å². The third-order valence-corrected chi connectivity index (χ3v) is 1.80. The van der Waals surface area contributed by atoms with Crippen LogP contribution in [0.3, 0.4) is 0 Å². The molecule has 0 aliphatic heterocycles. The lowest BCUT2D eigenvalue weighted by molar-refractivity contribution is -0.148. The molecule has 0 aliphatic carbocycles. The number of hydrogen-bond donors (Lipinski definition) is 0. The summed E-state index contributed by atoms with van der Waals surface area (Å²) in [5.41, 5.74) is 0. The Hall–Kier alpha value is -1.36. The Morgan fingerprint density at radius 1 is 1.67 bits per heavy atom. The van der Waals surface area contributed by atoms with Crippen LogP contribution in [0.4, 0.5) is 4.39 Å². The maximum Gasteiger partial charge on any atom is 0.346 e. The molecule has 4 nitrogen and oxygen atoms in total. The molecule has 1 rings (SSSR count). The first-order chi connectivity index (χ1) is 7.04. The first kappa shape index (κ1) is 11.7. The Morgan fingerprint density at radius 2 is 2.33 bits per heavy atom. The largest absolute Gasteiger partial charge is 0.466 e. The van der Waals surface area contributed by atoms with Crippen LogP contribution in [0.15, 0.2) is 12.3 Å². The van der Waals surface area contributed by atoms with Crippen molar-refractivity contribution in [1.29, 1.82) is 0 Å². The lowest BCUT2D eigenvalue weighted by Gasteiger charge is -2.11. The summed E-state index contributed by atoms with van der Waals surface area (Å²) in [6.07, 6.45) is 0.308. The number of esters is 1. The second-order valence-electron chi connectivity index (χ2n) is 2.72. The summed E-state index contributed by atoms with van der Waals surface area (Å²) < 4.78 is 22.5. The summed E-state index contributed by atoms with van der Waals surface area (Å²) in [6.45, 7) is 1.43. The molecule has 1 aromatic heterocycles. The number of carbonyl (C=O) groups is 1. The molecule has 0 aromatic carbocycles. The number of nitrogens with zero attached hydrogens (tertiary/aromatic N) is 1. The van der Waals surface area contributed by atoms with Crippen molar-refractivity contribution in [3.8, 4) is 5.88 Å². The van der Waals surface area contributed by atoms with Gasteiger partial charge in [-0.15, -0.1) is 0 Å². The van der Waals surface area contributed by atoms with Crippen molar-refractivity contribution in [3.63, 3.8) is 0 Å². The first-order valence-electron chi connectivity index (χ1n) is 4.10. The van der Waals surface area contributed by atoms with E-state index in [1.165, 1.54) is 20.2 Å². The van der Waals surface area contributed by atoms with Gasteiger partial charge in [-0.3, -0.25) is 0 Å². The van der Waals surface area contributed by atoms with Crippen LogP contribution >= 0.6 is 11.6 Å². The van der Waals surface area contributed by atoms with Crippen molar-refractivity contribution >= 4 is 17.6 Å². The highest BCUT2D eigenvalue weighted by atomic mass is 35.5. The fourth-order valence-corrected chi connectivity index (χ4v) is 1.01. The van der Waals surface area contributed by atoms with E-state index in [0.717, 1.165) is 6.07 Å². The highest BCUT2D eigenvalue weighted by Crippen LogP contribution is 2.18. The second-order valence-corrected chi connectivity index (χ2v) is 3.16. The van der Waals surface area contributed by atoms with Gasteiger partial charge in [-0.1, -0.05) is 11.6 Å². The number of ether oxygens (including phenoxy) is 2. The molecule has 0 bridgehead atoms. The first-order valence-corrected chi connectivity index (χ1v) is 4.48. The molecule has 1 atom stereocenters. The summed E-state index contributed by atoms with van der Waals surface area (Å²) in [4.78, 5) is 14.6. The molecule has 15 heavy (non-hydrogen) atoms. The summed E-state index contributed by atoms with van der Waals surface area (Å²) in [7, 11) is 1.22. The molecule has 0 N–H and O–H groups in total. The fraction of sp³-hybridized carbons (Fsp3) is 0.333. The quantitative estimate of drug-likeness (QED) is 0.747. The SMILES string of the molecule is COC(=O)C(C)Oc1ncc(Cl)cc1F. The van der Waals surface area contributed by atoms with Crippen LogP contribution in [-0.2, 0) is 9.53 Å². The summed E-state index contributed by atoms with van der Waals surface area (Å²) in [5.74, 6) is -1.61. The number of pyridine rings is 1. The fourth-order valence-electron chi connectivity index (χ4n) is 0.870. The molecule has 0 radical (unpaired) electrons. The van der Waals surface area contributed by atoms with Gasteiger partial charge in [0.15, 0.2) is 11.9 Å². The van der Waals surface area contributed by atoms with Gasteiger partial charge < -0.3 is 9.47 Å². The molecule has 0 spiro atoms. The number of aromatic nitrogens is 1. The lowest BCUT2D eigenvalue weighted by Crippen LogP contribution is -2.25. The average Bonchev–Trinajstić information content (AvgIpc) is 2.20. The zero-order chi connectivity index (χ0) is 11.4. The molecule has 0 aliphatic rings. The molecule has 0 fully saturated rings. The molecule has 6 heteroatoms. The van der Waals surface area contributed by atoms with Crippen molar-refractivity contribution < 1.29 is 18.7 Å². The van der Waals surface area contributed by atoms with E-state index in [4.69, 9.17) is 16.3 Å². The van der Waals surface area contributed by atoms with Crippen LogP contribution in [0.25, 0.3) is 0 Å². The molecule has 1 unspecified atom stereocenters. The molecule has 0 saturated carbocycles. The Labute approximate surface area is 91.0 Å². The molecular weight excluding hydrogens is 225 g/mol. The van der Waals surface area contributed by atoms with E-state index in [0.29, 0.717) is 0 Å². The molecule has 0 amide bonds. The van der Waals surface area contributed by atoms with Gasteiger partial charge in [0.2, 0.25) is 0 Å². The third kappa shape index (κ3) is 3.06. The van der Waals surface area contributed by atoms with Gasteiger partial charge in [0.05, 0.1) is 12.1 Å². The summed E-state index contributed by atoms with van der Waals surface area (Å²) in [5, 5.41) is 0.158. The molecular formula is C9H9ClFNO3. The van der Waals surface area contributed by atoms with E-state index < -0.39 is 17.9 Å². The van der Waals surface area contributed by atoms with E-state index >= 15 is 0 Å². The number of halogens is 2. The number of carbonyl (C=O) groups excluding carboxylic acids is 1. The highest BCUT2D eigenvalue weighted by molar-refractivity contribution is 6.30. The van der Waals surface area contributed by atoms with Crippen molar-refractivity contribution in [3.05, 3.63) is 23.1 Å².